The van der Waals surface area contributed by atoms with Crippen LogP contribution < -0.4 is 5.32 Å². The number of hydrogen-bond acceptors (Lipinski definition) is 2. The third-order valence-electron chi connectivity index (χ3n) is 2.36. The number of benzene rings is 1. The molecule has 0 bridgehead atoms. The van der Waals surface area contributed by atoms with Gasteiger partial charge in [-0.2, -0.15) is 0 Å². The van der Waals surface area contributed by atoms with Crippen molar-refractivity contribution in [3.05, 3.63) is 42.5 Å². The van der Waals surface area contributed by atoms with Gasteiger partial charge in [0.2, 0.25) is 0 Å². The summed E-state index contributed by atoms with van der Waals surface area (Å²) in [5, 5.41) is 3.47. The Kier molecular flexibility index (Phi) is 6.27. The molecule has 1 aromatic carbocycles. The first-order valence-electron chi connectivity index (χ1n) is 5.81. The Morgan fingerprint density at radius 2 is 2.31 bits per heavy atom. The predicted octanol–water partition coefficient (Wildman–Crippen LogP) is 3.64. The quantitative estimate of drug-likeness (QED) is 0.572. The largest absolute Gasteiger partial charge is 0.310 e. The van der Waals surface area contributed by atoms with Crippen molar-refractivity contribution < 1.29 is 0 Å². The minimum absolute atomic E-state index is 0.408. The summed E-state index contributed by atoms with van der Waals surface area (Å²) in [5.74, 6) is 1.05. The van der Waals surface area contributed by atoms with Gasteiger partial charge in [-0.25, -0.2) is 0 Å². The Bertz CT molecular complexity index is 322. The minimum atomic E-state index is 0.408. The molecule has 0 aromatic heterocycles. The highest BCUT2D eigenvalue weighted by Gasteiger charge is 2.03. The number of rotatable bonds is 7. The number of thioether (sulfide) groups is 1. The molecule has 0 aliphatic rings. The van der Waals surface area contributed by atoms with Crippen LogP contribution in [-0.4, -0.2) is 18.3 Å². The van der Waals surface area contributed by atoms with E-state index in [0.717, 1.165) is 12.3 Å². The van der Waals surface area contributed by atoms with Gasteiger partial charge in [0.05, 0.1) is 0 Å². The molecule has 0 heterocycles. The molecule has 0 aliphatic carbocycles. The maximum atomic E-state index is 3.87. The maximum Gasteiger partial charge on any atom is 0.0342 e. The van der Waals surface area contributed by atoms with E-state index in [4.69, 9.17) is 0 Å². The molecule has 0 saturated carbocycles. The molecule has 0 radical (unpaired) electrons. The SMILES string of the molecule is C=CC(CSc1cccc(C)c1)NCCC. The summed E-state index contributed by atoms with van der Waals surface area (Å²) in [6.07, 6.45) is 3.16. The maximum absolute atomic E-state index is 3.87. The van der Waals surface area contributed by atoms with E-state index >= 15 is 0 Å². The molecule has 2 heteroatoms. The monoisotopic (exact) mass is 235 g/mol. The van der Waals surface area contributed by atoms with E-state index in [1.807, 2.05) is 17.8 Å². The topological polar surface area (TPSA) is 12.0 Å². The van der Waals surface area contributed by atoms with Gasteiger partial charge in [0.1, 0.15) is 0 Å². The molecular weight excluding hydrogens is 214 g/mol. The van der Waals surface area contributed by atoms with E-state index in [-0.39, 0.29) is 0 Å². The Hall–Kier alpha value is -0.730. The predicted molar refractivity (Wildman–Crippen MR) is 74.2 cm³/mol. The van der Waals surface area contributed by atoms with Crippen molar-refractivity contribution in [2.45, 2.75) is 31.2 Å². The van der Waals surface area contributed by atoms with Crippen LogP contribution in [0.25, 0.3) is 0 Å². The highest BCUT2D eigenvalue weighted by molar-refractivity contribution is 7.99. The van der Waals surface area contributed by atoms with Crippen molar-refractivity contribution in [2.75, 3.05) is 12.3 Å². The van der Waals surface area contributed by atoms with Crippen LogP contribution in [0.5, 0.6) is 0 Å². The summed E-state index contributed by atoms with van der Waals surface area (Å²) < 4.78 is 0. The van der Waals surface area contributed by atoms with Gasteiger partial charge in [-0.1, -0.05) is 30.7 Å². The molecule has 16 heavy (non-hydrogen) atoms. The van der Waals surface area contributed by atoms with Crippen LogP contribution in [0.3, 0.4) is 0 Å². The normalized spacial score (nSPS) is 12.4. The standard InChI is InChI=1S/C14H21NS/c1-4-9-15-13(5-2)11-16-14-8-6-7-12(3)10-14/h5-8,10,13,15H,2,4,9,11H2,1,3H3. The average Bonchev–Trinajstić information content (AvgIpc) is 2.29. The molecular formula is C14H21NS. The second kappa shape index (κ2) is 7.53. The summed E-state index contributed by atoms with van der Waals surface area (Å²) in [5.41, 5.74) is 1.32. The molecule has 1 rings (SSSR count). The van der Waals surface area contributed by atoms with E-state index in [2.05, 4.69) is 50.0 Å². The number of hydrogen-bond donors (Lipinski definition) is 1. The lowest BCUT2D eigenvalue weighted by atomic mass is 10.2. The fraction of sp³-hybridized carbons (Fsp3) is 0.429. The van der Waals surface area contributed by atoms with Crippen LogP contribution in [0, 0.1) is 6.92 Å². The zero-order valence-electron chi connectivity index (χ0n) is 10.2. The Labute approximate surface area is 103 Å². The number of aryl methyl sites for hydroxylation is 1. The van der Waals surface area contributed by atoms with Gasteiger partial charge in [-0.05, 0) is 32.0 Å². The fourth-order valence-electron chi connectivity index (χ4n) is 1.43. The van der Waals surface area contributed by atoms with Crippen LogP contribution in [0.15, 0.2) is 41.8 Å². The highest BCUT2D eigenvalue weighted by Crippen LogP contribution is 2.19. The molecule has 0 saturated heterocycles. The molecule has 0 spiro atoms. The summed E-state index contributed by atoms with van der Waals surface area (Å²) in [7, 11) is 0. The van der Waals surface area contributed by atoms with Gasteiger partial charge in [-0.15, -0.1) is 18.3 Å². The molecule has 1 unspecified atom stereocenters. The lowest BCUT2D eigenvalue weighted by Gasteiger charge is -2.13. The smallest absolute Gasteiger partial charge is 0.0342 e. The third-order valence-corrected chi connectivity index (χ3v) is 3.47. The second-order valence-corrected chi connectivity index (χ2v) is 5.02. The van der Waals surface area contributed by atoms with E-state index in [1.165, 1.54) is 16.9 Å². The van der Waals surface area contributed by atoms with Crippen molar-refractivity contribution in [2.24, 2.45) is 0 Å². The average molecular weight is 235 g/mol. The van der Waals surface area contributed by atoms with Gasteiger partial charge in [0.25, 0.3) is 0 Å². The third kappa shape index (κ3) is 4.86. The van der Waals surface area contributed by atoms with Gasteiger partial charge in [0.15, 0.2) is 0 Å². The van der Waals surface area contributed by atoms with Gasteiger partial charge < -0.3 is 5.32 Å². The first kappa shape index (κ1) is 13.3. The van der Waals surface area contributed by atoms with Crippen molar-refractivity contribution in [1.82, 2.24) is 5.32 Å². The van der Waals surface area contributed by atoms with E-state index in [0.29, 0.717) is 6.04 Å². The van der Waals surface area contributed by atoms with Crippen molar-refractivity contribution >= 4 is 11.8 Å². The summed E-state index contributed by atoms with van der Waals surface area (Å²) in [6, 6.07) is 9.04. The summed E-state index contributed by atoms with van der Waals surface area (Å²) in [4.78, 5) is 1.34. The number of nitrogens with one attached hydrogen (secondary N) is 1. The zero-order chi connectivity index (χ0) is 11.8. The molecule has 0 fully saturated rings. The Morgan fingerprint density at radius 1 is 1.50 bits per heavy atom. The lowest BCUT2D eigenvalue weighted by molar-refractivity contribution is 0.630. The summed E-state index contributed by atoms with van der Waals surface area (Å²) in [6.45, 7) is 9.24. The highest BCUT2D eigenvalue weighted by atomic mass is 32.2. The van der Waals surface area contributed by atoms with E-state index < -0.39 is 0 Å². The van der Waals surface area contributed by atoms with Gasteiger partial charge >= 0.3 is 0 Å². The van der Waals surface area contributed by atoms with Crippen LogP contribution in [0.2, 0.25) is 0 Å². The molecule has 1 nitrogen and oxygen atoms in total. The first-order chi connectivity index (χ1) is 7.76. The van der Waals surface area contributed by atoms with Crippen LogP contribution in [-0.2, 0) is 0 Å². The lowest BCUT2D eigenvalue weighted by Crippen LogP contribution is -2.29. The van der Waals surface area contributed by atoms with Crippen LogP contribution >= 0.6 is 11.8 Å². The molecule has 0 amide bonds. The minimum Gasteiger partial charge on any atom is -0.310 e. The van der Waals surface area contributed by atoms with Crippen LogP contribution in [0.1, 0.15) is 18.9 Å². The zero-order valence-corrected chi connectivity index (χ0v) is 11.0. The molecule has 1 atom stereocenters. The Balaban J connectivity index is 2.40. The van der Waals surface area contributed by atoms with Crippen molar-refractivity contribution in [1.29, 1.82) is 0 Å². The van der Waals surface area contributed by atoms with Crippen LogP contribution in [0.4, 0.5) is 0 Å². The van der Waals surface area contributed by atoms with Gasteiger partial charge in [0, 0.05) is 16.7 Å². The van der Waals surface area contributed by atoms with E-state index in [1.54, 1.807) is 0 Å². The first-order valence-corrected chi connectivity index (χ1v) is 6.80. The molecule has 1 aromatic rings. The van der Waals surface area contributed by atoms with Crippen molar-refractivity contribution in [3.8, 4) is 0 Å². The van der Waals surface area contributed by atoms with Crippen molar-refractivity contribution in [3.63, 3.8) is 0 Å². The van der Waals surface area contributed by atoms with Gasteiger partial charge in [-0.3, -0.25) is 0 Å². The second-order valence-electron chi connectivity index (χ2n) is 3.92. The molecule has 0 aliphatic heterocycles. The molecule has 88 valence electrons. The molecule has 1 N–H and O–H groups in total. The Morgan fingerprint density at radius 3 is 2.94 bits per heavy atom. The fourth-order valence-corrected chi connectivity index (χ4v) is 2.50. The summed E-state index contributed by atoms with van der Waals surface area (Å²) >= 11 is 1.88. The van der Waals surface area contributed by atoms with E-state index in [9.17, 15) is 0 Å².